The van der Waals surface area contributed by atoms with Gasteiger partial charge in [-0.3, -0.25) is 15.4 Å². The molecule has 1 atom stereocenters. The van der Waals surface area contributed by atoms with Crippen LogP contribution in [0.4, 0.5) is 11.1 Å². The van der Waals surface area contributed by atoms with E-state index in [2.05, 4.69) is 31.1 Å². The van der Waals surface area contributed by atoms with Gasteiger partial charge >= 0.3 is 6.01 Å². The first-order valence-corrected chi connectivity index (χ1v) is 10.8. The van der Waals surface area contributed by atoms with Gasteiger partial charge in [-0.25, -0.2) is 4.99 Å². The van der Waals surface area contributed by atoms with Crippen molar-refractivity contribution in [2.24, 2.45) is 4.99 Å². The van der Waals surface area contributed by atoms with Crippen LogP contribution in [-0.2, 0) is 4.79 Å². The average Bonchev–Trinajstić information content (AvgIpc) is 3.42. The maximum Gasteiger partial charge on any atom is 0.302 e. The molecule has 1 amide bonds. The first kappa shape index (κ1) is 19.9. The summed E-state index contributed by atoms with van der Waals surface area (Å²) in [4.78, 5) is 22.4. The molecular formula is C22H19N7O2S. The molecule has 1 aliphatic heterocycles. The van der Waals surface area contributed by atoms with Crippen LogP contribution in [0.5, 0.6) is 0 Å². The Hall–Kier alpha value is -4.05. The molecule has 32 heavy (non-hydrogen) atoms. The molecule has 0 saturated carbocycles. The standard InChI is InChI=1S/C22H19N7O2S/c1-12-7-3-4-8-14(12)18-17(19(30)27-22-29-23-11-32-22)13(2)24-20(26-18)28-21-25-15-9-5-6-10-16(15)31-21/h3-11,18H,1-2H3,(H,27,29,30)(H2,24,25,26,28). The molecule has 0 radical (unpaired) electrons. The minimum absolute atomic E-state index is 0.287. The predicted octanol–water partition coefficient (Wildman–Crippen LogP) is 4.01. The van der Waals surface area contributed by atoms with E-state index in [-0.39, 0.29) is 5.91 Å². The van der Waals surface area contributed by atoms with E-state index in [0.717, 1.165) is 16.6 Å². The lowest BCUT2D eigenvalue weighted by molar-refractivity contribution is -0.113. The minimum Gasteiger partial charge on any atom is -0.423 e. The number of hydrogen-bond donors (Lipinski definition) is 3. The highest BCUT2D eigenvalue weighted by Gasteiger charge is 2.31. The van der Waals surface area contributed by atoms with Gasteiger partial charge in [-0.2, -0.15) is 4.98 Å². The van der Waals surface area contributed by atoms with Crippen molar-refractivity contribution < 1.29 is 9.21 Å². The van der Waals surface area contributed by atoms with Gasteiger partial charge in [0.15, 0.2) is 5.58 Å². The third-order valence-corrected chi connectivity index (χ3v) is 5.68. The zero-order valence-corrected chi connectivity index (χ0v) is 18.1. The molecule has 10 heteroatoms. The second-order valence-corrected chi connectivity index (χ2v) is 8.04. The molecule has 5 rings (SSSR count). The fourth-order valence-corrected chi connectivity index (χ4v) is 4.01. The highest BCUT2D eigenvalue weighted by Crippen LogP contribution is 2.33. The van der Waals surface area contributed by atoms with E-state index < -0.39 is 6.04 Å². The van der Waals surface area contributed by atoms with Crippen molar-refractivity contribution in [2.75, 3.05) is 10.6 Å². The van der Waals surface area contributed by atoms with E-state index >= 15 is 0 Å². The predicted molar refractivity (Wildman–Crippen MR) is 123 cm³/mol. The summed E-state index contributed by atoms with van der Waals surface area (Å²) in [5, 5.41) is 17.2. The number of amides is 1. The summed E-state index contributed by atoms with van der Waals surface area (Å²) in [6, 6.07) is 15.1. The van der Waals surface area contributed by atoms with E-state index in [0.29, 0.717) is 34.0 Å². The molecule has 3 heterocycles. The van der Waals surface area contributed by atoms with Crippen LogP contribution in [0.3, 0.4) is 0 Å². The molecule has 0 aliphatic carbocycles. The maximum absolute atomic E-state index is 13.2. The van der Waals surface area contributed by atoms with Crippen LogP contribution in [0.15, 0.2) is 74.7 Å². The number of nitrogens with one attached hydrogen (secondary N) is 3. The van der Waals surface area contributed by atoms with Gasteiger partial charge in [0.05, 0.1) is 5.57 Å². The van der Waals surface area contributed by atoms with Crippen molar-refractivity contribution in [3.8, 4) is 0 Å². The van der Waals surface area contributed by atoms with Crippen molar-refractivity contribution in [2.45, 2.75) is 19.9 Å². The Morgan fingerprint density at radius 1 is 1.12 bits per heavy atom. The van der Waals surface area contributed by atoms with Crippen LogP contribution < -0.4 is 16.0 Å². The van der Waals surface area contributed by atoms with Gasteiger partial charge in [0.2, 0.25) is 11.1 Å². The Bertz CT molecular complexity index is 1320. The quantitative estimate of drug-likeness (QED) is 0.434. The summed E-state index contributed by atoms with van der Waals surface area (Å²) < 4.78 is 5.76. The van der Waals surface area contributed by atoms with Crippen LogP contribution in [0.25, 0.3) is 11.1 Å². The van der Waals surface area contributed by atoms with Gasteiger partial charge in [-0.05, 0) is 37.1 Å². The molecule has 2 aromatic heterocycles. The smallest absolute Gasteiger partial charge is 0.302 e. The van der Waals surface area contributed by atoms with Gasteiger partial charge in [-0.1, -0.05) is 47.7 Å². The van der Waals surface area contributed by atoms with E-state index in [1.165, 1.54) is 11.3 Å². The van der Waals surface area contributed by atoms with Crippen molar-refractivity contribution in [1.29, 1.82) is 0 Å². The molecule has 2 aromatic carbocycles. The van der Waals surface area contributed by atoms with Gasteiger partial charge in [0, 0.05) is 5.70 Å². The Morgan fingerprint density at radius 2 is 1.94 bits per heavy atom. The van der Waals surface area contributed by atoms with E-state index in [9.17, 15) is 4.79 Å². The lowest BCUT2D eigenvalue weighted by Crippen LogP contribution is -2.37. The van der Waals surface area contributed by atoms with Gasteiger partial charge in [-0.15, -0.1) is 10.2 Å². The minimum atomic E-state index is -0.530. The van der Waals surface area contributed by atoms with Crippen LogP contribution >= 0.6 is 11.3 Å². The number of fused-ring (bicyclic) bond motifs is 1. The van der Waals surface area contributed by atoms with Crippen molar-refractivity contribution >= 4 is 45.4 Å². The third kappa shape index (κ3) is 3.83. The summed E-state index contributed by atoms with van der Waals surface area (Å²) >= 11 is 1.25. The molecule has 0 bridgehead atoms. The lowest BCUT2D eigenvalue weighted by Gasteiger charge is -2.27. The Morgan fingerprint density at radius 3 is 2.72 bits per heavy atom. The van der Waals surface area contributed by atoms with Gasteiger partial charge in [0.25, 0.3) is 5.91 Å². The second kappa shape index (κ2) is 8.23. The molecular weight excluding hydrogens is 426 g/mol. The SMILES string of the molecule is CC1=C(C(=O)Nc2nncs2)C(c2ccccc2C)N=C(Nc2nc3ccccc3o2)N1. The van der Waals surface area contributed by atoms with Crippen molar-refractivity contribution in [3.05, 3.63) is 76.4 Å². The fourth-order valence-electron chi connectivity index (χ4n) is 3.57. The number of hydrogen-bond acceptors (Lipinski definition) is 9. The molecule has 4 aromatic rings. The summed E-state index contributed by atoms with van der Waals surface area (Å²) in [5.74, 6) is 0.152. The number of aryl methyl sites for hydroxylation is 1. The number of allylic oxidation sites excluding steroid dienone is 1. The number of para-hydroxylation sites is 2. The third-order valence-electron chi connectivity index (χ3n) is 5.07. The molecule has 1 aliphatic rings. The number of nitrogens with zero attached hydrogens (tertiary/aromatic N) is 4. The fraction of sp³-hybridized carbons (Fsp3) is 0.136. The number of rotatable bonds is 4. The summed E-state index contributed by atoms with van der Waals surface area (Å²) in [6.07, 6.45) is 0. The maximum atomic E-state index is 13.2. The molecule has 3 N–H and O–H groups in total. The zero-order chi connectivity index (χ0) is 22.1. The molecule has 9 nitrogen and oxygen atoms in total. The molecule has 0 spiro atoms. The zero-order valence-electron chi connectivity index (χ0n) is 17.3. The van der Waals surface area contributed by atoms with Crippen molar-refractivity contribution in [1.82, 2.24) is 20.5 Å². The van der Waals surface area contributed by atoms with Crippen molar-refractivity contribution in [3.63, 3.8) is 0 Å². The van der Waals surface area contributed by atoms with Gasteiger partial charge in [0.1, 0.15) is 17.1 Å². The van der Waals surface area contributed by atoms with Crippen LogP contribution in [-0.4, -0.2) is 27.0 Å². The number of carbonyl (C=O) groups is 1. The number of aliphatic imine (C=N–C) groups is 1. The summed E-state index contributed by atoms with van der Waals surface area (Å²) in [5.41, 5.74) is 6.09. The molecule has 0 saturated heterocycles. The number of benzene rings is 2. The molecule has 0 fully saturated rings. The highest BCUT2D eigenvalue weighted by atomic mass is 32.1. The van der Waals surface area contributed by atoms with E-state index in [1.807, 2.05) is 62.4 Å². The van der Waals surface area contributed by atoms with Crippen LogP contribution in [0.2, 0.25) is 0 Å². The summed E-state index contributed by atoms with van der Waals surface area (Å²) in [6.45, 7) is 3.83. The number of carbonyl (C=O) groups excluding carboxylic acids is 1. The Kier molecular flexibility index (Phi) is 5.12. The first-order chi connectivity index (χ1) is 15.6. The van der Waals surface area contributed by atoms with E-state index in [1.54, 1.807) is 5.51 Å². The monoisotopic (exact) mass is 445 g/mol. The average molecular weight is 446 g/mol. The van der Waals surface area contributed by atoms with Crippen LogP contribution in [0, 0.1) is 6.92 Å². The number of guanidine groups is 1. The largest absolute Gasteiger partial charge is 0.423 e. The Labute approximate surface area is 187 Å². The normalized spacial score (nSPS) is 15.9. The number of oxazole rings is 1. The highest BCUT2D eigenvalue weighted by molar-refractivity contribution is 7.13. The molecule has 160 valence electrons. The van der Waals surface area contributed by atoms with Gasteiger partial charge < -0.3 is 9.73 Å². The topological polar surface area (TPSA) is 117 Å². The second-order valence-electron chi connectivity index (χ2n) is 7.21. The van der Waals surface area contributed by atoms with E-state index in [4.69, 9.17) is 9.41 Å². The molecule has 1 unspecified atom stereocenters. The first-order valence-electron chi connectivity index (χ1n) is 9.90. The lowest BCUT2D eigenvalue weighted by atomic mass is 9.92. The number of aromatic nitrogens is 3. The summed E-state index contributed by atoms with van der Waals surface area (Å²) in [7, 11) is 0. The Balaban J connectivity index is 1.50. The number of anilines is 2. The van der Waals surface area contributed by atoms with Crippen LogP contribution in [0.1, 0.15) is 24.1 Å².